The minimum absolute atomic E-state index is 0.215. The van der Waals surface area contributed by atoms with Crippen molar-refractivity contribution in [2.75, 3.05) is 6.61 Å². The molecule has 1 unspecified atom stereocenters. The van der Waals surface area contributed by atoms with Gasteiger partial charge in [-0.2, -0.15) is 0 Å². The van der Waals surface area contributed by atoms with Gasteiger partial charge >= 0.3 is 0 Å². The van der Waals surface area contributed by atoms with Crippen molar-refractivity contribution in [3.8, 4) is 0 Å². The first-order valence-corrected chi connectivity index (χ1v) is 8.48. The minimum atomic E-state index is 0.215. The number of hydrogen-bond donors (Lipinski definition) is 0. The van der Waals surface area contributed by atoms with E-state index >= 15 is 0 Å². The summed E-state index contributed by atoms with van der Waals surface area (Å²) in [5, 5.41) is 0. The summed E-state index contributed by atoms with van der Waals surface area (Å²) in [7, 11) is 0. The van der Waals surface area contributed by atoms with Crippen molar-refractivity contribution < 1.29 is 4.74 Å². The van der Waals surface area contributed by atoms with E-state index in [0.717, 1.165) is 6.61 Å². The Balaban J connectivity index is 2.18. The van der Waals surface area contributed by atoms with Crippen LogP contribution in [-0.2, 0) is 11.2 Å². The fourth-order valence-corrected chi connectivity index (χ4v) is 2.59. The molecule has 1 heteroatoms. The van der Waals surface area contributed by atoms with Crippen LogP contribution in [0.15, 0.2) is 24.3 Å². The highest BCUT2D eigenvalue weighted by Crippen LogP contribution is 2.18. The lowest BCUT2D eigenvalue weighted by atomic mass is 10.0. The SMILES string of the molecule is CCCCCCCCCc1ccc(C(C)OCC)cc1. The van der Waals surface area contributed by atoms with Crippen molar-refractivity contribution in [3.05, 3.63) is 35.4 Å². The Kier molecular flexibility index (Phi) is 9.40. The van der Waals surface area contributed by atoms with Crippen LogP contribution < -0.4 is 0 Å². The van der Waals surface area contributed by atoms with E-state index in [9.17, 15) is 0 Å². The molecule has 0 fully saturated rings. The van der Waals surface area contributed by atoms with Gasteiger partial charge < -0.3 is 4.74 Å². The van der Waals surface area contributed by atoms with Crippen molar-refractivity contribution in [2.45, 2.75) is 78.2 Å². The quantitative estimate of drug-likeness (QED) is 0.445. The minimum Gasteiger partial charge on any atom is -0.374 e. The van der Waals surface area contributed by atoms with Crippen LogP contribution >= 0.6 is 0 Å². The van der Waals surface area contributed by atoms with Gasteiger partial charge in [0.15, 0.2) is 0 Å². The first-order valence-electron chi connectivity index (χ1n) is 8.48. The first-order chi connectivity index (χ1) is 9.77. The molecule has 0 aromatic heterocycles. The molecule has 0 bridgehead atoms. The van der Waals surface area contributed by atoms with Gasteiger partial charge in [0.25, 0.3) is 0 Å². The molecule has 20 heavy (non-hydrogen) atoms. The van der Waals surface area contributed by atoms with E-state index in [1.807, 2.05) is 6.92 Å². The molecule has 0 saturated heterocycles. The lowest BCUT2D eigenvalue weighted by Crippen LogP contribution is -1.99. The van der Waals surface area contributed by atoms with Crippen LogP contribution in [0.25, 0.3) is 0 Å². The molecule has 1 rings (SSSR count). The molecule has 1 nitrogen and oxygen atoms in total. The molecule has 0 aliphatic heterocycles. The Bertz CT molecular complexity index is 328. The fourth-order valence-electron chi connectivity index (χ4n) is 2.59. The molecule has 0 saturated carbocycles. The number of ether oxygens (including phenoxy) is 1. The third kappa shape index (κ3) is 7.09. The topological polar surface area (TPSA) is 9.23 Å². The van der Waals surface area contributed by atoms with Crippen molar-refractivity contribution in [1.29, 1.82) is 0 Å². The summed E-state index contributed by atoms with van der Waals surface area (Å²) in [5.41, 5.74) is 2.75. The van der Waals surface area contributed by atoms with Crippen LogP contribution in [0, 0.1) is 0 Å². The van der Waals surface area contributed by atoms with E-state index in [4.69, 9.17) is 4.74 Å². The molecule has 0 spiro atoms. The van der Waals surface area contributed by atoms with Crippen LogP contribution in [0.1, 0.15) is 82.9 Å². The van der Waals surface area contributed by atoms with E-state index in [2.05, 4.69) is 38.1 Å². The summed E-state index contributed by atoms with van der Waals surface area (Å²) in [6, 6.07) is 8.97. The molecule has 0 N–H and O–H groups in total. The Hall–Kier alpha value is -0.820. The van der Waals surface area contributed by atoms with E-state index in [0.29, 0.717) is 0 Å². The van der Waals surface area contributed by atoms with E-state index in [-0.39, 0.29) is 6.10 Å². The van der Waals surface area contributed by atoms with Crippen LogP contribution in [0.5, 0.6) is 0 Å². The molecule has 1 aromatic carbocycles. The predicted molar refractivity (Wildman–Crippen MR) is 88.2 cm³/mol. The molecular formula is C19H32O. The number of aryl methyl sites for hydroxylation is 1. The largest absolute Gasteiger partial charge is 0.374 e. The second-order valence-electron chi connectivity index (χ2n) is 5.71. The molecule has 1 aromatic rings. The summed E-state index contributed by atoms with van der Waals surface area (Å²) >= 11 is 0. The molecule has 0 radical (unpaired) electrons. The van der Waals surface area contributed by atoms with Gasteiger partial charge in [0.1, 0.15) is 0 Å². The highest BCUT2D eigenvalue weighted by Gasteiger charge is 2.04. The summed E-state index contributed by atoms with van der Waals surface area (Å²) < 4.78 is 5.61. The molecular weight excluding hydrogens is 244 g/mol. The maximum atomic E-state index is 5.61. The second kappa shape index (κ2) is 10.9. The molecule has 0 aliphatic rings. The first kappa shape index (κ1) is 17.2. The number of hydrogen-bond acceptors (Lipinski definition) is 1. The summed E-state index contributed by atoms with van der Waals surface area (Å²) in [6.07, 6.45) is 11.1. The Morgan fingerprint density at radius 3 is 2.05 bits per heavy atom. The summed E-state index contributed by atoms with van der Waals surface area (Å²) in [4.78, 5) is 0. The molecule has 114 valence electrons. The van der Waals surface area contributed by atoms with Gasteiger partial charge in [0.05, 0.1) is 6.10 Å². The van der Waals surface area contributed by atoms with Gasteiger partial charge in [-0.25, -0.2) is 0 Å². The van der Waals surface area contributed by atoms with E-state index < -0.39 is 0 Å². The predicted octanol–water partition coefficient (Wildman–Crippen LogP) is 6.08. The zero-order chi connectivity index (χ0) is 14.6. The lowest BCUT2D eigenvalue weighted by Gasteiger charge is -2.12. The van der Waals surface area contributed by atoms with E-state index in [1.165, 1.54) is 62.5 Å². The van der Waals surface area contributed by atoms with Crippen LogP contribution in [-0.4, -0.2) is 6.61 Å². The molecule has 0 amide bonds. The Labute approximate surface area is 125 Å². The average Bonchev–Trinajstić information content (AvgIpc) is 2.47. The van der Waals surface area contributed by atoms with Crippen molar-refractivity contribution in [3.63, 3.8) is 0 Å². The van der Waals surface area contributed by atoms with Gasteiger partial charge in [0, 0.05) is 6.61 Å². The van der Waals surface area contributed by atoms with Gasteiger partial charge in [0.2, 0.25) is 0 Å². The number of unbranched alkanes of at least 4 members (excludes halogenated alkanes) is 6. The molecule has 1 atom stereocenters. The van der Waals surface area contributed by atoms with Crippen LogP contribution in [0.3, 0.4) is 0 Å². The monoisotopic (exact) mass is 276 g/mol. The van der Waals surface area contributed by atoms with Gasteiger partial charge in [-0.05, 0) is 37.8 Å². The third-order valence-corrected chi connectivity index (χ3v) is 3.93. The zero-order valence-electron chi connectivity index (χ0n) is 13.7. The van der Waals surface area contributed by atoms with E-state index in [1.54, 1.807) is 0 Å². The molecule has 0 aliphatic carbocycles. The number of benzene rings is 1. The zero-order valence-corrected chi connectivity index (χ0v) is 13.7. The van der Waals surface area contributed by atoms with Crippen molar-refractivity contribution >= 4 is 0 Å². The summed E-state index contributed by atoms with van der Waals surface area (Å²) in [5.74, 6) is 0. The third-order valence-electron chi connectivity index (χ3n) is 3.93. The van der Waals surface area contributed by atoms with Crippen molar-refractivity contribution in [1.82, 2.24) is 0 Å². The second-order valence-corrected chi connectivity index (χ2v) is 5.71. The average molecular weight is 276 g/mol. The Morgan fingerprint density at radius 2 is 1.45 bits per heavy atom. The smallest absolute Gasteiger partial charge is 0.0796 e. The van der Waals surface area contributed by atoms with Crippen LogP contribution in [0.2, 0.25) is 0 Å². The maximum Gasteiger partial charge on any atom is 0.0796 e. The number of rotatable bonds is 11. The highest BCUT2D eigenvalue weighted by molar-refractivity contribution is 5.24. The Morgan fingerprint density at radius 1 is 0.850 bits per heavy atom. The van der Waals surface area contributed by atoms with Crippen LogP contribution in [0.4, 0.5) is 0 Å². The summed E-state index contributed by atoms with van der Waals surface area (Å²) in [6.45, 7) is 7.22. The van der Waals surface area contributed by atoms with Gasteiger partial charge in [-0.1, -0.05) is 69.7 Å². The maximum absolute atomic E-state index is 5.61. The normalized spacial score (nSPS) is 12.6. The lowest BCUT2D eigenvalue weighted by molar-refractivity contribution is 0.0764. The highest BCUT2D eigenvalue weighted by atomic mass is 16.5. The van der Waals surface area contributed by atoms with Gasteiger partial charge in [-0.3, -0.25) is 0 Å². The van der Waals surface area contributed by atoms with Gasteiger partial charge in [-0.15, -0.1) is 0 Å². The standard InChI is InChI=1S/C19H32O/c1-4-6-7-8-9-10-11-12-18-13-15-19(16-14-18)17(3)20-5-2/h13-17H,4-12H2,1-3H3. The van der Waals surface area contributed by atoms with Crippen molar-refractivity contribution in [2.24, 2.45) is 0 Å². The fraction of sp³-hybridized carbons (Fsp3) is 0.684. The molecule has 0 heterocycles.